The summed E-state index contributed by atoms with van der Waals surface area (Å²) < 4.78 is 0. The SMILES string of the molecule is CCNCCC(=O)NCC(C)C. The van der Waals surface area contributed by atoms with Gasteiger partial charge in [0.15, 0.2) is 0 Å². The molecule has 0 aromatic heterocycles. The number of hydrogen-bond donors (Lipinski definition) is 2. The van der Waals surface area contributed by atoms with Crippen LogP contribution in [0.25, 0.3) is 0 Å². The van der Waals surface area contributed by atoms with E-state index in [0.717, 1.165) is 19.6 Å². The van der Waals surface area contributed by atoms with E-state index in [0.29, 0.717) is 12.3 Å². The Balaban J connectivity index is 3.22. The Hall–Kier alpha value is -0.570. The van der Waals surface area contributed by atoms with Crippen molar-refractivity contribution in [3.8, 4) is 0 Å². The average Bonchev–Trinajstić information content (AvgIpc) is 2.01. The summed E-state index contributed by atoms with van der Waals surface area (Å²) in [5, 5.41) is 5.97. The fraction of sp³-hybridized carbons (Fsp3) is 0.889. The molecule has 0 aliphatic heterocycles. The maximum atomic E-state index is 11.1. The van der Waals surface area contributed by atoms with Gasteiger partial charge in [-0.05, 0) is 12.5 Å². The van der Waals surface area contributed by atoms with Crippen LogP contribution in [0.4, 0.5) is 0 Å². The highest BCUT2D eigenvalue weighted by Gasteiger charge is 2.00. The summed E-state index contributed by atoms with van der Waals surface area (Å²) >= 11 is 0. The number of rotatable bonds is 6. The minimum absolute atomic E-state index is 0.143. The number of hydrogen-bond acceptors (Lipinski definition) is 2. The molecule has 0 spiro atoms. The van der Waals surface area contributed by atoms with Gasteiger partial charge >= 0.3 is 0 Å². The minimum atomic E-state index is 0.143. The number of nitrogens with one attached hydrogen (secondary N) is 2. The molecule has 12 heavy (non-hydrogen) atoms. The lowest BCUT2D eigenvalue weighted by Gasteiger charge is -2.07. The Kier molecular flexibility index (Phi) is 6.76. The third-order valence-electron chi connectivity index (χ3n) is 1.49. The molecule has 0 bridgehead atoms. The topological polar surface area (TPSA) is 41.1 Å². The molecule has 0 radical (unpaired) electrons. The van der Waals surface area contributed by atoms with Crippen LogP contribution in [0.3, 0.4) is 0 Å². The molecular weight excluding hydrogens is 152 g/mol. The first-order chi connectivity index (χ1) is 5.66. The van der Waals surface area contributed by atoms with Crippen LogP contribution in [-0.2, 0) is 4.79 Å². The van der Waals surface area contributed by atoms with Crippen LogP contribution in [-0.4, -0.2) is 25.5 Å². The van der Waals surface area contributed by atoms with Crippen molar-refractivity contribution in [2.24, 2.45) is 5.92 Å². The van der Waals surface area contributed by atoms with E-state index in [1.165, 1.54) is 0 Å². The molecule has 0 saturated heterocycles. The molecule has 0 saturated carbocycles. The van der Waals surface area contributed by atoms with Crippen molar-refractivity contribution >= 4 is 5.91 Å². The summed E-state index contributed by atoms with van der Waals surface area (Å²) in [5.74, 6) is 0.678. The van der Waals surface area contributed by atoms with E-state index in [-0.39, 0.29) is 5.91 Å². The first-order valence-electron chi connectivity index (χ1n) is 4.64. The van der Waals surface area contributed by atoms with Gasteiger partial charge in [-0.15, -0.1) is 0 Å². The van der Waals surface area contributed by atoms with Gasteiger partial charge in [-0.3, -0.25) is 4.79 Å². The fourth-order valence-electron chi connectivity index (χ4n) is 0.785. The second-order valence-corrected chi connectivity index (χ2v) is 3.30. The van der Waals surface area contributed by atoms with Gasteiger partial charge in [0.05, 0.1) is 0 Å². The number of carbonyl (C=O) groups is 1. The third-order valence-corrected chi connectivity index (χ3v) is 1.49. The summed E-state index contributed by atoms with van der Waals surface area (Å²) in [4.78, 5) is 11.1. The summed E-state index contributed by atoms with van der Waals surface area (Å²) in [6.07, 6.45) is 0.584. The monoisotopic (exact) mass is 172 g/mol. The van der Waals surface area contributed by atoms with Gasteiger partial charge in [0.2, 0.25) is 5.91 Å². The normalized spacial score (nSPS) is 10.3. The highest BCUT2D eigenvalue weighted by Crippen LogP contribution is 1.87. The van der Waals surface area contributed by atoms with Crippen LogP contribution >= 0.6 is 0 Å². The van der Waals surface area contributed by atoms with Crippen LogP contribution < -0.4 is 10.6 Å². The summed E-state index contributed by atoms with van der Waals surface area (Å²) in [7, 11) is 0. The Bertz CT molecular complexity index is 124. The van der Waals surface area contributed by atoms with E-state index in [4.69, 9.17) is 0 Å². The highest BCUT2D eigenvalue weighted by molar-refractivity contribution is 5.76. The molecule has 0 rings (SSSR count). The lowest BCUT2D eigenvalue weighted by molar-refractivity contribution is -0.121. The molecule has 0 heterocycles. The Morgan fingerprint density at radius 3 is 2.58 bits per heavy atom. The predicted molar refractivity (Wildman–Crippen MR) is 51.0 cm³/mol. The van der Waals surface area contributed by atoms with Crippen molar-refractivity contribution in [1.82, 2.24) is 10.6 Å². The molecular formula is C9H20N2O. The zero-order valence-corrected chi connectivity index (χ0v) is 8.31. The molecule has 3 nitrogen and oxygen atoms in total. The van der Waals surface area contributed by atoms with Gasteiger partial charge in [0, 0.05) is 19.5 Å². The van der Waals surface area contributed by atoms with E-state index in [2.05, 4.69) is 24.5 Å². The van der Waals surface area contributed by atoms with Crippen molar-refractivity contribution in [3.05, 3.63) is 0 Å². The zero-order chi connectivity index (χ0) is 9.40. The van der Waals surface area contributed by atoms with Crippen molar-refractivity contribution < 1.29 is 4.79 Å². The van der Waals surface area contributed by atoms with Gasteiger partial charge in [-0.1, -0.05) is 20.8 Å². The first kappa shape index (κ1) is 11.4. The van der Waals surface area contributed by atoms with Crippen LogP contribution in [0.1, 0.15) is 27.2 Å². The largest absolute Gasteiger partial charge is 0.356 e. The van der Waals surface area contributed by atoms with E-state index < -0.39 is 0 Å². The molecule has 2 N–H and O–H groups in total. The fourth-order valence-corrected chi connectivity index (χ4v) is 0.785. The summed E-state index contributed by atoms with van der Waals surface area (Å²) in [5.41, 5.74) is 0. The standard InChI is InChI=1S/C9H20N2O/c1-4-10-6-5-9(12)11-7-8(2)3/h8,10H,4-7H2,1-3H3,(H,11,12). The molecule has 0 atom stereocenters. The average molecular weight is 172 g/mol. The Morgan fingerprint density at radius 1 is 1.42 bits per heavy atom. The zero-order valence-electron chi connectivity index (χ0n) is 8.31. The molecule has 0 fully saturated rings. The number of carbonyl (C=O) groups excluding carboxylic acids is 1. The Labute approximate surface area is 74.9 Å². The maximum absolute atomic E-state index is 11.1. The maximum Gasteiger partial charge on any atom is 0.221 e. The smallest absolute Gasteiger partial charge is 0.221 e. The predicted octanol–water partition coefficient (Wildman–Crippen LogP) is 0.758. The van der Waals surface area contributed by atoms with Crippen LogP contribution in [0, 0.1) is 5.92 Å². The molecule has 3 heteroatoms. The first-order valence-corrected chi connectivity index (χ1v) is 4.64. The highest BCUT2D eigenvalue weighted by atomic mass is 16.1. The van der Waals surface area contributed by atoms with Crippen LogP contribution in [0.2, 0.25) is 0 Å². The second-order valence-electron chi connectivity index (χ2n) is 3.30. The van der Waals surface area contributed by atoms with Crippen molar-refractivity contribution in [3.63, 3.8) is 0 Å². The molecule has 0 unspecified atom stereocenters. The van der Waals surface area contributed by atoms with Crippen molar-refractivity contribution in [2.45, 2.75) is 27.2 Å². The minimum Gasteiger partial charge on any atom is -0.356 e. The van der Waals surface area contributed by atoms with Crippen molar-refractivity contribution in [2.75, 3.05) is 19.6 Å². The van der Waals surface area contributed by atoms with Gasteiger partial charge in [-0.25, -0.2) is 0 Å². The van der Waals surface area contributed by atoms with Crippen molar-refractivity contribution in [1.29, 1.82) is 0 Å². The second kappa shape index (κ2) is 7.10. The van der Waals surface area contributed by atoms with Gasteiger partial charge in [-0.2, -0.15) is 0 Å². The van der Waals surface area contributed by atoms with E-state index >= 15 is 0 Å². The summed E-state index contributed by atoms with van der Waals surface area (Å²) in [6, 6.07) is 0. The van der Waals surface area contributed by atoms with Gasteiger partial charge < -0.3 is 10.6 Å². The lowest BCUT2D eigenvalue weighted by atomic mass is 10.2. The summed E-state index contributed by atoms with van der Waals surface area (Å²) in [6.45, 7) is 8.70. The molecule has 0 aliphatic carbocycles. The molecule has 72 valence electrons. The molecule has 0 aromatic rings. The molecule has 0 aliphatic rings. The van der Waals surface area contributed by atoms with E-state index in [1.807, 2.05) is 6.92 Å². The molecule has 0 aromatic carbocycles. The van der Waals surface area contributed by atoms with E-state index in [1.54, 1.807) is 0 Å². The quantitative estimate of drug-likeness (QED) is 0.581. The van der Waals surface area contributed by atoms with Crippen LogP contribution in [0.5, 0.6) is 0 Å². The molecule has 1 amide bonds. The number of amides is 1. The lowest BCUT2D eigenvalue weighted by Crippen LogP contribution is -2.30. The Morgan fingerprint density at radius 2 is 2.08 bits per heavy atom. The van der Waals surface area contributed by atoms with Gasteiger partial charge in [0.1, 0.15) is 0 Å². The van der Waals surface area contributed by atoms with E-state index in [9.17, 15) is 4.79 Å². The van der Waals surface area contributed by atoms with Crippen LogP contribution in [0.15, 0.2) is 0 Å². The van der Waals surface area contributed by atoms with Gasteiger partial charge in [0.25, 0.3) is 0 Å². The third kappa shape index (κ3) is 7.54.